The van der Waals surface area contributed by atoms with Gasteiger partial charge < -0.3 is 14.2 Å². The molecule has 0 spiro atoms. The molecular weight excluding hydrogens is 308 g/mol. The van der Waals surface area contributed by atoms with Crippen LogP contribution in [0, 0.1) is 5.92 Å². The molecule has 1 aliphatic carbocycles. The number of carbonyl (C=O) groups excluding carboxylic acids is 1. The molecule has 1 saturated carbocycles. The van der Waals surface area contributed by atoms with E-state index in [9.17, 15) is 4.79 Å². The van der Waals surface area contributed by atoms with E-state index in [0.29, 0.717) is 24.2 Å². The molecule has 0 aromatic carbocycles. The first kappa shape index (κ1) is 15.3. The molecule has 7 heteroatoms. The highest BCUT2D eigenvalue weighted by Gasteiger charge is 2.35. The molecule has 1 amide bonds. The molecule has 1 atom stereocenters. The van der Waals surface area contributed by atoms with Crippen LogP contribution in [0.15, 0.2) is 29.0 Å². The molecule has 2 fully saturated rings. The van der Waals surface area contributed by atoms with E-state index in [0.717, 1.165) is 37.8 Å². The number of nitrogens with zero attached hydrogens (tertiary/aromatic N) is 4. The first-order valence-electron chi connectivity index (χ1n) is 8.43. The van der Waals surface area contributed by atoms with E-state index in [4.69, 9.17) is 9.26 Å². The molecule has 3 heterocycles. The Kier molecular flexibility index (Phi) is 4.25. The Bertz CT molecular complexity index is 699. The summed E-state index contributed by atoms with van der Waals surface area (Å²) in [5.74, 6) is 1.54. The van der Waals surface area contributed by atoms with Gasteiger partial charge in [0.15, 0.2) is 0 Å². The normalized spacial score (nSPS) is 21.0. The number of ether oxygens (including phenoxy) is 1. The zero-order chi connectivity index (χ0) is 16.4. The van der Waals surface area contributed by atoms with Crippen LogP contribution >= 0.6 is 0 Å². The third kappa shape index (κ3) is 3.46. The second-order valence-electron chi connectivity index (χ2n) is 6.38. The van der Waals surface area contributed by atoms with Crippen molar-refractivity contribution in [2.45, 2.75) is 38.4 Å². The Morgan fingerprint density at radius 3 is 2.92 bits per heavy atom. The molecule has 2 aromatic heterocycles. The Balaban J connectivity index is 1.32. The lowest BCUT2D eigenvalue weighted by molar-refractivity contribution is -0.137. The van der Waals surface area contributed by atoms with Crippen LogP contribution in [0.5, 0.6) is 0 Å². The van der Waals surface area contributed by atoms with Crippen molar-refractivity contribution in [3.05, 3.63) is 30.4 Å². The quantitative estimate of drug-likeness (QED) is 0.835. The van der Waals surface area contributed by atoms with Crippen LogP contribution in [0.3, 0.4) is 0 Å². The predicted octanol–water partition coefficient (Wildman–Crippen LogP) is 2.05. The summed E-state index contributed by atoms with van der Waals surface area (Å²) in [5.41, 5.74) is 0.860. The standard InChI is InChI=1S/C17H20N4O3/c22-17(13-3-4-13)21-9-1-2-14(10-21)23-11-15-19-16(20-24-15)12-5-7-18-8-6-12/h5-8,13-14H,1-4,9-11H2. The molecule has 1 saturated heterocycles. The summed E-state index contributed by atoms with van der Waals surface area (Å²) in [6.45, 7) is 1.79. The van der Waals surface area contributed by atoms with Crippen LogP contribution in [-0.4, -0.2) is 45.1 Å². The fourth-order valence-electron chi connectivity index (χ4n) is 2.98. The minimum Gasteiger partial charge on any atom is -0.367 e. The van der Waals surface area contributed by atoms with Crippen LogP contribution in [0.1, 0.15) is 31.6 Å². The molecule has 0 N–H and O–H groups in total. The van der Waals surface area contributed by atoms with Gasteiger partial charge in [0.25, 0.3) is 5.89 Å². The van der Waals surface area contributed by atoms with Crippen LogP contribution < -0.4 is 0 Å². The second-order valence-corrected chi connectivity index (χ2v) is 6.38. The Morgan fingerprint density at radius 2 is 2.12 bits per heavy atom. The van der Waals surface area contributed by atoms with Gasteiger partial charge in [0.05, 0.1) is 6.10 Å². The van der Waals surface area contributed by atoms with Crippen LogP contribution in [0.4, 0.5) is 0 Å². The molecule has 4 rings (SSSR count). The van der Waals surface area contributed by atoms with Crippen molar-refractivity contribution in [2.75, 3.05) is 13.1 Å². The number of likely N-dealkylation sites (tertiary alicyclic amines) is 1. The third-order valence-corrected chi connectivity index (χ3v) is 4.47. The molecule has 2 aromatic rings. The fourth-order valence-corrected chi connectivity index (χ4v) is 2.98. The number of pyridine rings is 1. The maximum atomic E-state index is 12.2. The van der Waals surface area contributed by atoms with E-state index < -0.39 is 0 Å². The first-order valence-corrected chi connectivity index (χ1v) is 8.43. The summed E-state index contributed by atoms with van der Waals surface area (Å²) >= 11 is 0. The fraction of sp³-hybridized carbons (Fsp3) is 0.529. The number of hydrogen-bond donors (Lipinski definition) is 0. The van der Waals surface area contributed by atoms with E-state index in [2.05, 4.69) is 15.1 Å². The van der Waals surface area contributed by atoms with Crippen LogP contribution in [-0.2, 0) is 16.1 Å². The van der Waals surface area contributed by atoms with Gasteiger partial charge in [0.1, 0.15) is 6.61 Å². The van der Waals surface area contributed by atoms with Gasteiger partial charge in [0.2, 0.25) is 11.7 Å². The van der Waals surface area contributed by atoms with Crippen molar-refractivity contribution >= 4 is 5.91 Å². The summed E-state index contributed by atoms with van der Waals surface area (Å²) in [5, 5.41) is 3.97. The lowest BCUT2D eigenvalue weighted by Gasteiger charge is -2.32. The number of piperidine rings is 1. The van der Waals surface area contributed by atoms with Gasteiger partial charge in [-0.1, -0.05) is 5.16 Å². The molecule has 1 unspecified atom stereocenters. The van der Waals surface area contributed by atoms with Crippen molar-refractivity contribution < 1.29 is 14.1 Å². The van der Waals surface area contributed by atoms with Crippen molar-refractivity contribution in [1.29, 1.82) is 0 Å². The van der Waals surface area contributed by atoms with Gasteiger partial charge in [-0.25, -0.2) is 0 Å². The van der Waals surface area contributed by atoms with E-state index >= 15 is 0 Å². The number of aromatic nitrogens is 3. The highest BCUT2D eigenvalue weighted by molar-refractivity contribution is 5.81. The van der Waals surface area contributed by atoms with Crippen molar-refractivity contribution in [3.63, 3.8) is 0 Å². The Hall–Kier alpha value is -2.28. The van der Waals surface area contributed by atoms with E-state index in [1.165, 1.54) is 0 Å². The molecule has 7 nitrogen and oxygen atoms in total. The van der Waals surface area contributed by atoms with Gasteiger partial charge in [-0.3, -0.25) is 9.78 Å². The average Bonchev–Trinajstić information content (AvgIpc) is 3.38. The van der Waals surface area contributed by atoms with Gasteiger partial charge >= 0.3 is 0 Å². The lowest BCUT2D eigenvalue weighted by Crippen LogP contribution is -2.43. The number of hydrogen-bond acceptors (Lipinski definition) is 6. The summed E-state index contributed by atoms with van der Waals surface area (Å²) in [4.78, 5) is 22.4. The SMILES string of the molecule is O=C(C1CC1)N1CCCC(OCc2nc(-c3ccncc3)no2)C1. The number of amides is 1. The number of rotatable bonds is 5. The highest BCUT2D eigenvalue weighted by Crippen LogP contribution is 2.32. The summed E-state index contributed by atoms with van der Waals surface area (Å²) < 4.78 is 11.1. The Labute approximate surface area is 140 Å². The van der Waals surface area contributed by atoms with E-state index in [1.54, 1.807) is 12.4 Å². The third-order valence-electron chi connectivity index (χ3n) is 4.47. The van der Waals surface area contributed by atoms with E-state index in [1.807, 2.05) is 17.0 Å². The summed E-state index contributed by atoms with van der Waals surface area (Å²) in [6, 6.07) is 3.66. The van der Waals surface area contributed by atoms with Gasteiger partial charge in [-0.05, 0) is 37.8 Å². The Morgan fingerprint density at radius 1 is 1.29 bits per heavy atom. The van der Waals surface area contributed by atoms with Crippen molar-refractivity contribution in [1.82, 2.24) is 20.0 Å². The van der Waals surface area contributed by atoms with Gasteiger partial charge in [0, 0.05) is 37.0 Å². The minimum atomic E-state index is 0.0396. The van der Waals surface area contributed by atoms with Crippen molar-refractivity contribution in [2.24, 2.45) is 5.92 Å². The van der Waals surface area contributed by atoms with Gasteiger partial charge in [-0.15, -0.1) is 0 Å². The topological polar surface area (TPSA) is 81.4 Å². The maximum absolute atomic E-state index is 12.2. The molecule has 126 valence electrons. The monoisotopic (exact) mass is 328 g/mol. The predicted molar refractivity (Wildman–Crippen MR) is 84.6 cm³/mol. The first-order chi connectivity index (χ1) is 11.8. The van der Waals surface area contributed by atoms with Gasteiger partial charge in [-0.2, -0.15) is 4.98 Å². The summed E-state index contributed by atoms with van der Waals surface area (Å²) in [7, 11) is 0. The van der Waals surface area contributed by atoms with Crippen LogP contribution in [0.25, 0.3) is 11.4 Å². The zero-order valence-corrected chi connectivity index (χ0v) is 13.4. The molecule has 0 bridgehead atoms. The van der Waals surface area contributed by atoms with Crippen LogP contribution in [0.2, 0.25) is 0 Å². The smallest absolute Gasteiger partial charge is 0.252 e. The molecular formula is C17H20N4O3. The molecule has 24 heavy (non-hydrogen) atoms. The molecule has 0 radical (unpaired) electrons. The maximum Gasteiger partial charge on any atom is 0.252 e. The molecule has 2 aliphatic rings. The number of carbonyl (C=O) groups is 1. The van der Waals surface area contributed by atoms with Crippen molar-refractivity contribution in [3.8, 4) is 11.4 Å². The average molecular weight is 328 g/mol. The largest absolute Gasteiger partial charge is 0.367 e. The molecule has 1 aliphatic heterocycles. The highest BCUT2D eigenvalue weighted by atomic mass is 16.5. The zero-order valence-electron chi connectivity index (χ0n) is 13.4. The summed E-state index contributed by atoms with van der Waals surface area (Å²) in [6.07, 6.45) is 7.44. The van der Waals surface area contributed by atoms with E-state index in [-0.39, 0.29) is 18.6 Å². The second kappa shape index (κ2) is 6.68. The lowest BCUT2D eigenvalue weighted by atomic mass is 10.1. The minimum absolute atomic E-state index is 0.0396.